The van der Waals surface area contributed by atoms with E-state index < -0.39 is 21.7 Å². The summed E-state index contributed by atoms with van der Waals surface area (Å²) in [5.74, 6) is -0.470. The van der Waals surface area contributed by atoms with Crippen LogP contribution < -0.4 is 19.5 Å². The summed E-state index contributed by atoms with van der Waals surface area (Å²) in [6.07, 6.45) is 0. The van der Waals surface area contributed by atoms with Crippen molar-refractivity contribution < 1.29 is 27.1 Å². The SMILES string of the molecule is CNS(=O)(=O)c1ccc(F)c(C(=O)NCc2cc(OC)cc(OC)c2)c1. The average molecular weight is 382 g/mol. The number of carbonyl (C=O) groups is 1. The Morgan fingerprint density at radius 3 is 2.23 bits per heavy atom. The Kier molecular flexibility index (Phi) is 6.17. The van der Waals surface area contributed by atoms with Crippen LogP contribution in [-0.4, -0.2) is 35.6 Å². The third-order valence-corrected chi connectivity index (χ3v) is 5.04. The summed E-state index contributed by atoms with van der Waals surface area (Å²) in [6.45, 7) is 0.0782. The van der Waals surface area contributed by atoms with E-state index in [1.54, 1.807) is 18.2 Å². The number of carbonyl (C=O) groups excluding carboxylic acids is 1. The Bertz CT molecular complexity index is 893. The largest absolute Gasteiger partial charge is 0.497 e. The Hall–Kier alpha value is -2.65. The fourth-order valence-corrected chi connectivity index (χ4v) is 2.97. The van der Waals surface area contributed by atoms with Gasteiger partial charge < -0.3 is 14.8 Å². The zero-order chi connectivity index (χ0) is 19.3. The Morgan fingerprint density at radius 2 is 1.69 bits per heavy atom. The molecular weight excluding hydrogens is 363 g/mol. The van der Waals surface area contributed by atoms with E-state index in [0.717, 1.165) is 18.2 Å². The number of ether oxygens (including phenoxy) is 2. The first kappa shape index (κ1) is 19.7. The second-order valence-corrected chi connectivity index (χ2v) is 7.14. The molecule has 0 fully saturated rings. The summed E-state index contributed by atoms with van der Waals surface area (Å²) in [7, 11) is 0.445. The summed E-state index contributed by atoms with van der Waals surface area (Å²) in [5.41, 5.74) is 0.310. The zero-order valence-electron chi connectivity index (χ0n) is 14.5. The van der Waals surface area contributed by atoms with Gasteiger partial charge in [-0.3, -0.25) is 4.79 Å². The number of nitrogens with one attached hydrogen (secondary N) is 2. The van der Waals surface area contributed by atoms with Crippen LogP contribution in [0.4, 0.5) is 4.39 Å². The van der Waals surface area contributed by atoms with E-state index in [1.165, 1.54) is 21.3 Å². The van der Waals surface area contributed by atoms with Gasteiger partial charge in [0.25, 0.3) is 5.91 Å². The van der Waals surface area contributed by atoms with Crippen molar-refractivity contribution in [2.75, 3.05) is 21.3 Å². The zero-order valence-corrected chi connectivity index (χ0v) is 15.3. The number of hydrogen-bond acceptors (Lipinski definition) is 5. The number of methoxy groups -OCH3 is 2. The van der Waals surface area contributed by atoms with E-state index >= 15 is 0 Å². The van der Waals surface area contributed by atoms with Gasteiger partial charge in [-0.25, -0.2) is 17.5 Å². The molecular formula is C17H19FN2O5S. The molecule has 0 aliphatic rings. The highest BCUT2D eigenvalue weighted by atomic mass is 32.2. The molecule has 2 rings (SSSR count). The van der Waals surface area contributed by atoms with Gasteiger partial charge in [-0.2, -0.15) is 0 Å². The van der Waals surface area contributed by atoms with Gasteiger partial charge in [-0.1, -0.05) is 0 Å². The third kappa shape index (κ3) is 4.50. The van der Waals surface area contributed by atoms with Crippen molar-refractivity contribution >= 4 is 15.9 Å². The van der Waals surface area contributed by atoms with E-state index in [9.17, 15) is 17.6 Å². The normalized spacial score (nSPS) is 11.1. The fourth-order valence-electron chi connectivity index (χ4n) is 2.21. The molecule has 2 N–H and O–H groups in total. The number of rotatable bonds is 7. The fraction of sp³-hybridized carbons (Fsp3) is 0.235. The minimum atomic E-state index is -3.79. The molecule has 0 aliphatic heterocycles. The molecule has 7 nitrogen and oxygen atoms in total. The molecule has 0 heterocycles. The third-order valence-electron chi connectivity index (χ3n) is 3.63. The van der Waals surface area contributed by atoms with Crippen molar-refractivity contribution in [3.8, 4) is 11.5 Å². The van der Waals surface area contributed by atoms with Crippen LogP contribution in [0.1, 0.15) is 15.9 Å². The molecule has 0 atom stereocenters. The molecule has 0 bridgehead atoms. The van der Waals surface area contributed by atoms with Crippen LogP contribution in [-0.2, 0) is 16.6 Å². The highest BCUT2D eigenvalue weighted by Gasteiger charge is 2.18. The predicted octanol–water partition coefficient (Wildman–Crippen LogP) is 1.68. The van der Waals surface area contributed by atoms with Gasteiger partial charge >= 0.3 is 0 Å². The lowest BCUT2D eigenvalue weighted by Gasteiger charge is -2.11. The Balaban J connectivity index is 2.22. The summed E-state index contributed by atoms with van der Waals surface area (Å²) in [4.78, 5) is 12.1. The highest BCUT2D eigenvalue weighted by molar-refractivity contribution is 7.89. The van der Waals surface area contributed by atoms with Gasteiger partial charge in [-0.05, 0) is 42.9 Å². The Morgan fingerprint density at radius 1 is 1.08 bits per heavy atom. The monoisotopic (exact) mass is 382 g/mol. The smallest absolute Gasteiger partial charge is 0.254 e. The van der Waals surface area contributed by atoms with E-state index in [2.05, 4.69) is 10.0 Å². The van der Waals surface area contributed by atoms with Crippen molar-refractivity contribution in [3.63, 3.8) is 0 Å². The molecule has 0 aliphatic carbocycles. The molecule has 2 aromatic carbocycles. The van der Waals surface area contributed by atoms with Gasteiger partial charge in [0.2, 0.25) is 10.0 Å². The topological polar surface area (TPSA) is 93.7 Å². The summed E-state index contributed by atoms with van der Waals surface area (Å²) >= 11 is 0. The summed E-state index contributed by atoms with van der Waals surface area (Å²) in [5, 5.41) is 2.55. The van der Waals surface area contributed by atoms with Crippen molar-refractivity contribution in [3.05, 3.63) is 53.3 Å². The number of benzene rings is 2. The molecule has 0 aromatic heterocycles. The van der Waals surface area contributed by atoms with Gasteiger partial charge in [-0.15, -0.1) is 0 Å². The Labute approximate surface area is 151 Å². The molecule has 0 unspecified atom stereocenters. The van der Waals surface area contributed by atoms with Crippen molar-refractivity contribution in [2.24, 2.45) is 0 Å². The van der Waals surface area contributed by atoms with Crippen LogP contribution in [0.3, 0.4) is 0 Å². The van der Waals surface area contributed by atoms with Gasteiger partial charge in [0, 0.05) is 12.6 Å². The first-order valence-corrected chi connectivity index (χ1v) is 9.02. The van der Waals surface area contributed by atoms with Crippen LogP contribution >= 0.6 is 0 Å². The summed E-state index contributed by atoms with van der Waals surface area (Å²) in [6, 6.07) is 8.08. The maximum absolute atomic E-state index is 14.0. The lowest BCUT2D eigenvalue weighted by molar-refractivity contribution is 0.0946. The molecule has 9 heteroatoms. The van der Waals surface area contributed by atoms with E-state index in [0.29, 0.717) is 17.1 Å². The molecule has 26 heavy (non-hydrogen) atoms. The van der Waals surface area contributed by atoms with E-state index in [-0.39, 0.29) is 17.0 Å². The number of amides is 1. The standard InChI is InChI=1S/C17H19FN2O5S/c1-19-26(22,23)14-4-5-16(18)15(9-14)17(21)20-10-11-6-12(24-2)8-13(7-11)25-3/h4-9,19H,10H2,1-3H3,(H,20,21). The van der Waals surface area contributed by atoms with Crippen LogP contribution in [0.25, 0.3) is 0 Å². The first-order valence-electron chi connectivity index (χ1n) is 7.54. The predicted molar refractivity (Wildman–Crippen MR) is 93.4 cm³/mol. The quantitative estimate of drug-likeness (QED) is 0.760. The molecule has 140 valence electrons. The lowest BCUT2D eigenvalue weighted by atomic mass is 10.1. The van der Waals surface area contributed by atoms with Crippen LogP contribution in [0.5, 0.6) is 11.5 Å². The minimum absolute atomic E-state index is 0.0782. The van der Waals surface area contributed by atoms with Crippen LogP contribution in [0.15, 0.2) is 41.3 Å². The second-order valence-electron chi connectivity index (χ2n) is 5.25. The summed E-state index contributed by atoms with van der Waals surface area (Å²) < 4.78 is 50.0. The van der Waals surface area contributed by atoms with Gasteiger partial charge in [0.05, 0.1) is 24.7 Å². The highest BCUT2D eigenvalue weighted by Crippen LogP contribution is 2.22. The lowest BCUT2D eigenvalue weighted by Crippen LogP contribution is -2.25. The number of sulfonamides is 1. The first-order chi connectivity index (χ1) is 12.3. The number of halogens is 1. The molecule has 0 saturated carbocycles. The molecule has 2 aromatic rings. The molecule has 0 radical (unpaired) electrons. The van der Waals surface area contributed by atoms with Crippen molar-refractivity contribution in [1.82, 2.24) is 10.0 Å². The maximum atomic E-state index is 14.0. The molecule has 0 saturated heterocycles. The van der Waals surface area contributed by atoms with Crippen LogP contribution in [0, 0.1) is 5.82 Å². The average Bonchev–Trinajstić information content (AvgIpc) is 2.65. The minimum Gasteiger partial charge on any atom is -0.497 e. The number of hydrogen-bond donors (Lipinski definition) is 2. The van der Waals surface area contributed by atoms with Crippen molar-refractivity contribution in [2.45, 2.75) is 11.4 Å². The van der Waals surface area contributed by atoms with E-state index in [1.807, 2.05) is 0 Å². The maximum Gasteiger partial charge on any atom is 0.254 e. The van der Waals surface area contributed by atoms with Gasteiger partial charge in [0.1, 0.15) is 17.3 Å². The molecule has 0 spiro atoms. The van der Waals surface area contributed by atoms with Gasteiger partial charge in [0.15, 0.2) is 0 Å². The molecule has 1 amide bonds. The van der Waals surface area contributed by atoms with Crippen molar-refractivity contribution in [1.29, 1.82) is 0 Å². The van der Waals surface area contributed by atoms with Crippen LogP contribution in [0.2, 0.25) is 0 Å². The second kappa shape index (κ2) is 8.15. The van der Waals surface area contributed by atoms with E-state index in [4.69, 9.17) is 9.47 Å².